The smallest absolute Gasteiger partial charge is 0.290 e. The Balaban J connectivity index is 0.000000659. The van der Waals surface area contributed by atoms with E-state index in [-0.39, 0.29) is 6.47 Å². The molecule has 7 heteroatoms. The standard InChI is InChI=1S/C19H20N4O.CH2O2/c1-23-7-2-3-12-9-13(4-5-17(12)23)18-14(10-20)19(21)22-16-6-8-24-11-15(16)18;2-1-3/h4-5,9H,2-3,6-8,11H2,1H3,(H2,21,22);1H,(H,2,3). The summed E-state index contributed by atoms with van der Waals surface area (Å²) >= 11 is 0. The van der Waals surface area contributed by atoms with Crippen molar-refractivity contribution in [2.75, 3.05) is 30.8 Å². The van der Waals surface area contributed by atoms with E-state index in [0.29, 0.717) is 24.6 Å². The highest BCUT2D eigenvalue weighted by Crippen LogP contribution is 2.37. The highest BCUT2D eigenvalue weighted by molar-refractivity contribution is 5.81. The van der Waals surface area contributed by atoms with E-state index in [1.807, 2.05) is 0 Å². The van der Waals surface area contributed by atoms with Crippen molar-refractivity contribution in [2.45, 2.75) is 25.9 Å². The Hall–Kier alpha value is -3.11. The highest BCUT2D eigenvalue weighted by Gasteiger charge is 2.23. The number of nitrogens with zero attached hydrogens (tertiary/aromatic N) is 3. The Bertz CT molecular complexity index is 905. The number of hydrogen-bond donors (Lipinski definition) is 2. The first kappa shape index (κ1) is 18.7. The molecule has 0 amide bonds. The normalized spacial score (nSPS) is 14.9. The molecule has 0 radical (unpaired) electrons. The van der Waals surface area contributed by atoms with E-state index >= 15 is 0 Å². The van der Waals surface area contributed by atoms with E-state index < -0.39 is 0 Å². The van der Waals surface area contributed by atoms with Gasteiger partial charge in [-0.15, -0.1) is 0 Å². The highest BCUT2D eigenvalue weighted by atomic mass is 16.5. The zero-order valence-corrected chi connectivity index (χ0v) is 15.2. The number of nitrogens with two attached hydrogens (primary N) is 1. The summed E-state index contributed by atoms with van der Waals surface area (Å²) in [6.45, 7) is 1.98. The summed E-state index contributed by atoms with van der Waals surface area (Å²) in [5, 5.41) is 16.5. The number of carboxylic acid groups (broad SMARTS) is 1. The number of benzene rings is 1. The molecule has 1 aromatic heterocycles. The van der Waals surface area contributed by atoms with Crippen molar-refractivity contribution < 1.29 is 14.6 Å². The maximum absolute atomic E-state index is 9.62. The van der Waals surface area contributed by atoms with E-state index in [2.05, 4.69) is 41.2 Å². The zero-order chi connectivity index (χ0) is 19.4. The molecule has 0 saturated carbocycles. The lowest BCUT2D eigenvalue weighted by Gasteiger charge is -2.28. The number of fused-ring (bicyclic) bond motifs is 2. The third-order valence-electron chi connectivity index (χ3n) is 4.97. The van der Waals surface area contributed by atoms with Crippen LogP contribution in [0.2, 0.25) is 0 Å². The molecular formula is C20H22N4O3. The van der Waals surface area contributed by atoms with Crippen LogP contribution in [0.25, 0.3) is 11.1 Å². The molecule has 2 aliphatic rings. The Morgan fingerprint density at radius 3 is 2.93 bits per heavy atom. The molecule has 0 unspecified atom stereocenters. The van der Waals surface area contributed by atoms with Crippen molar-refractivity contribution >= 4 is 18.0 Å². The summed E-state index contributed by atoms with van der Waals surface area (Å²) in [6, 6.07) is 8.69. The molecule has 0 atom stereocenters. The quantitative estimate of drug-likeness (QED) is 0.745. The first-order chi connectivity index (χ1) is 13.1. The van der Waals surface area contributed by atoms with E-state index in [1.54, 1.807) is 0 Å². The Kier molecular flexibility index (Phi) is 5.57. The molecule has 0 bridgehead atoms. The van der Waals surface area contributed by atoms with Crippen molar-refractivity contribution in [1.82, 2.24) is 4.98 Å². The SMILES string of the molecule is CN1CCCc2cc(-c3c(C#N)c(N)nc4c3COCC4)ccc21.O=CO. The fraction of sp³-hybridized carbons (Fsp3) is 0.350. The maximum Gasteiger partial charge on any atom is 0.290 e. The van der Waals surface area contributed by atoms with Gasteiger partial charge in [0, 0.05) is 36.8 Å². The molecule has 1 aromatic carbocycles. The lowest BCUT2D eigenvalue weighted by molar-refractivity contribution is -0.122. The Labute approximate surface area is 158 Å². The van der Waals surface area contributed by atoms with Crippen molar-refractivity contribution in [2.24, 2.45) is 0 Å². The van der Waals surface area contributed by atoms with Crippen molar-refractivity contribution in [3.05, 3.63) is 40.6 Å². The molecule has 0 aliphatic carbocycles. The van der Waals surface area contributed by atoms with Crippen LogP contribution in [-0.2, 0) is 29.0 Å². The number of nitrogen functional groups attached to an aromatic ring is 1. The molecule has 27 heavy (non-hydrogen) atoms. The van der Waals surface area contributed by atoms with Gasteiger partial charge in [-0.3, -0.25) is 4.79 Å². The summed E-state index contributed by atoms with van der Waals surface area (Å²) in [4.78, 5) is 15.1. The molecule has 3 N–H and O–H groups in total. The first-order valence-electron chi connectivity index (χ1n) is 8.82. The topological polar surface area (TPSA) is 112 Å². The molecule has 7 nitrogen and oxygen atoms in total. The average Bonchev–Trinajstić information content (AvgIpc) is 2.67. The minimum Gasteiger partial charge on any atom is -0.483 e. The number of pyridine rings is 1. The van der Waals surface area contributed by atoms with Crippen LogP contribution in [0.15, 0.2) is 18.2 Å². The lowest BCUT2D eigenvalue weighted by Crippen LogP contribution is -2.24. The van der Waals surface area contributed by atoms with Crippen molar-refractivity contribution in [3.8, 4) is 17.2 Å². The second-order valence-electron chi connectivity index (χ2n) is 6.56. The largest absolute Gasteiger partial charge is 0.483 e. The number of ether oxygens (including phenoxy) is 1. The first-order valence-corrected chi connectivity index (χ1v) is 8.82. The van der Waals surface area contributed by atoms with Gasteiger partial charge in [0.15, 0.2) is 0 Å². The Morgan fingerprint density at radius 1 is 1.41 bits per heavy atom. The molecule has 140 valence electrons. The summed E-state index contributed by atoms with van der Waals surface area (Å²) in [5.74, 6) is 0.322. The fourth-order valence-corrected chi connectivity index (χ4v) is 3.77. The van der Waals surface area contributed by atoms with Crippen molar-refractivity contribution in [3.63, 3.8) is 0 Å². The zero-order valence-electron chi connectivity index (χ0n) is 15.2. The minimum absolute atomic E-state index is 0.250. The van der Waals surface area contributed by atoms with E-state index in [9.17, 15) is 5.26 Å². The molecule has 0 spiro atoms. The van der Waals surface area contributed by atoms with Gasteiger partial charge in [-0.1, -0.05) is 6.07 Å². The van der Waals surface area contributed by atoms with Gasteiger partial charge < -0.3 is 20.5 Å². The van der Waals surface area contributed by atoms with Gasteiger partial charge in [0.05, 0.1) is 18.9 Å². The van der Waals surface area contributed by atoms with Gasteiger partial charge in [-0.25, -0.2) is 4.98 Å². The van der Waals surface area contributed by atoms with Crippen LogP contribution in [0, 0.1) is 11.3 Å². The maximum atomic E-state index is 9.62. The van der Waals surface area contributed by atoms with E-state index in [1.165, 1.54) is 11.3 Å². The summed E-state index contributed by atoms with van der Waals surface area (Å²) in [5.41, 5.74) is 13.0. The van der Waals surface area contributed by atoms with Gasteiger partial charge in [0.25, 0.3) is 6.47 Å². The van der Waals surface area contributed by atoms with Crippen LogP contribution >= 0.6 is 0 Å². The monoisotopic (exact) mass is 366 g/mol. The summed E-state index contributed by atoms with van der Waals surface area (Å²) in [7, 11) is 2.12. The minimum atomic E-state index is -0.250. The van der Waals surface area contributed by atoms with Gasteiger partial charge in [-0.05, 0) is 36.1 Å². The number of rotatable bonds is 1. The van der Waals surface area contributed by atoms with Crippen LogP contribution in [-0.4, -0.2) is 36.8 Å². The molecule has 4 rings (SSSR count). The number of aryl methyl sites for hydroxylation is 1. The third-order valence-corrected chi connectivity index (χ3v) is 4.97. The fourth-order valence-electron chi connectivity index (χ4n) is 3.77. The van der Waals surface area contributed by atoms with E-state index in [0.717, 1.165) is 48.2 Å². The van der Waals surface area contributed by atoms with Gasteiger partial charge >= 0.3 is 0 Å². The molecule has 2 aliphatic heterocycles. The third kappa shape index (κ3) is 3.57. The number of carbonyl (C=O) groups is 1. The predicted molar refractivity (Wildman–Crippen MR) is 102 cm³/mol. The number of nitriles is 1. The van der Waals surface area contributed by atoms with Crippen LogP contribution in [0.1, 0.15) is 28.8 Å². The molecule has 0 fully saturated rings. The van der Waals surface area contributed by atoms with Gasteiger partial charge in [-0.2, -0.15) is 5.26 Å². The van der Waals surface area contributed by atoms with Gasteiger partial charge in [0.2, 0.25) is 0 Å². The summed E-state index contributed by atoms with van der Waals surface area (Å²) in [6.07, 6.45) is 2.96. The van der Waals surface area contributed by atoms with Crippen LogP contribution in [0.3, 0.4) is 0 Å². The molecule has 3 heterocycles. The van der Waals surface area contributed by atoms with Crippen LogP contribution < -0.4 is 10.6 Å². The molecule has 0 saturated heterocycles. The number of aromatic nitrogens is 1. The van der Waals surface area contributed by atoms with Crippen molar-refractivity contribution in [1.29, 1.82) is 5.26 Å². The number of anilines is 2. The van der Waals surface area contributed by atoms with E-state index in [4.69, 9.17) is 20.4 Å². The Morgan fingerprint density at radius 2 is 2.19 bits per heavy atom. The second-order valence-corrected chi connectivity index (χ2v) is 6.56. The summed E-state index contributed by atoms with van der Waals surface area (Å²) < 4.78 is 5.63. The van der Waals surface area contributed by atoms with Crippen LogP contribution in [0.4, 0.5) is 11.5 Å². The predicted octanol–water partition coefficient (Wildman–Crippen LogP) is 2.36. The lowest BCUT2D eigenvalue weighted by atomic mass is 9.90. The van der Waals surface area contributed by atoms with Gasteiger partial charge in [0.1, 0.15) is 17.5 Å². The molecular weight excluding hydrogens is 344 g/mol. The second kappa shape index (κ2) is 8.06. The van der Waals surface area contributed by atoms with Crippen LogP contribution in [0.5, 0.6) is 0 Å². The molecule has 2 aromatic rings. The number of hydrogen-bond acceptors (Lipinski definition) is 6. The average molecular weight is 366 g/mol.